The van der Waals surface area contributed by atoms with Gasteiger partial charge in [0.25, 0.3) is 0 Å². The number of benzene rings is 1. The minimum atomic E-state index is -0.761. The topological polar surface area (TPSA) is 92.1 Å². The fraction of sp³-hybridized carbons (Fsp3) is 0.333. The van der Waals surface area contributed by atoms with Crippen molar-refractivity contribution >= 4 is 35.0 Å². The number of methoxy groups -OCH3 is 2. The van der Waals surface area contributed by atoms with E-state index in [1.54, 1.807) is 36.9 Å². The van der Waals surface area contributed by atoms with Gasteiger partial charge in [0.1, 0.15) is 11.3 Å². The third kappa shape index (κ3) is 5.49. The molecule has 0 aliphatic carbocycles. The van der Waals surface area contributed by atoms with Crippen LogP contribution in [-0.4, -0.2) is 47.4 Å². The first-order valence-electron chi connectivity index (χ1n) is 8.11. The third-order valence-electron chi connectivity index (χ3n) is 3.67. The number of halogens is 1. The number of ether oxygens (including phenoxy) is 3. The summed E-state index contributed by atoms with van der Waals surface area (Å²) >= 11 is 7.77. The van der Waals surface area contributed by atoms with E-state index < -0.39 is 5.97 Å². The third-order valence-corrected chi connectivity index (χ3v) is 5.04. The Morgan fingerprint density at radius 2 is 1.86 bits per heavy atom. The van der Waals surface area contributed by atoms with Crippen molar-refractivity contribution in [3.05, 3.63) is 34.9 Å². The summed E-state index contributed by atoms with van der Waals surface area (Å²) in [5, 5.41) is 4.12. The molecule has 0 radical (unpaired) electrons. The van der Waals surface area contributed by atoms with Gasteiger partial charge in [0.2, 0.25) is 11.8 Å². The molecule has 0 spiro atoms. The van der Waals surface area contributed by atoms with Crippen LogP contribution in [0.1, 0.15) is 24.2 Å². The van der Waals surface area contributed by atoms with Gasteiger partial charge in [-0.1, -0.05) is 22.8 Å². The minimum absolute atomic E-state index is 0.00269. The van der Waals surface area contributed by atoms with Gasteiger partial charge in [-0.25, -0.2) is 4.79 Å². The SMILES string of the molecule is COc1cc(OC)nc(Oc2cccc(Cl)c2C(=O)O/N=C(\C)C(C)SC)n1. The average molecular weight is 426 g/mol. The van der Waals surface area contributed by atoms with E-state index >= 15 is 0 Å². The van der Waals surface area contributed by atoms with Gasteiger partial charge in [-0.3, -0.25) is 0 Å². The number of carbonyl (C=O) groups is 1. The van der Waals surface area contributed by atoms with Crippen LogP contribution in [0, 0.1) is 0 Å². The van der Waals surface area contributed by atoms with Gasteiger partial charge in [-0.05, 0) is 32.2 Å². The first kappa shape index (κ1) is 21.8. The lowest BCUT2D eigenvalue weighted by Gasteiger charge is -2.11. The zero-order valence-electron chi connectivity index (χ0n) is 16.1. The number of hydrogen-bond donors (Lipinski definition) is 0. The molecule has 0 N–H and O–H groups in total. The Morgan fingerprint density at radius 3 is 2.43 bits per heavy atom. The Hall–Kier alpha value is -2.52. The van der Waals surface area contributed by atoms with E-state index in [9.17, 15) is 4.79 Å². The summed E-state index contributed by atoms with van der Waals surface area (Å²) in [4.78, 5) is 25.7. The molecule has 0 saturated heterocycles. The van der Waals surface area contributed by atoms with Crippen molar-refractivity contribution in [2.75, 3.05) is 20.5 Å². The van der Waals surface area contributed by atoms with Crippen LogP contribution in [0.4, 0.5) is 0 Å². The van der Waals surface area contributed by atoms with Crippen LogP contribution in [0.2, 0.25) is 5.02 Å². The molecule has 1 unspecified atom stereocenters. The summed E-state index contributed by atoms with van der Waals surface area (Å²) in [5.74, 6) is -0.180. The second-order valence-electron chi connectivity index (χ2n) is 5.44. The largest absolute Gasteiger partial charge is 0.481 e. The summed E-state index contributed by atoms with van der Waals surface area (Å²) in [6.45, 7) is 3.73. The molecule has 28 heavy (non-hydrogen) atoms. The summed E-state index contributed by atoms with van der Waals surface area (Å²) < 4.78 is 15.8. The second kappa shape index (κ2) is 10.1. The highest BCUT2D eigenvalue weighted by Gasteiger charge is 2.21. The molecule has 1 aromatic carbocycles. The van der Waals surface area contributed by atoms with Crippen LogP contribution in [0.5, 0.6) is 23.5 Å². The predicted molar refractivity (Wildman–Crippen MR) is 108 cm³/mol. The first-order valence-corrected chi connectivity index (χ1v) is 9.78. The number of nitrogens with zero attached hydrogens (tertiary/aromatic N) is 3. The van der Waals surface area contributed by atoms with Gasteiger partial charge in [-0.15, -0.1) is 0 Å². The van der Waals surface area contributed by atoms with Crippen molar-refractivity contribution in [2.24, 2.45) is 5.16 Å². The Morgan fingerprint density at radius 1 is 1.21 bits per heavy atom. The normalized spacial score (nSPS) is 12.3. The van der Waals surface area contributed by atoms with E-state index in [0.717, 1.165) is 0 Å². The van der Waals surface area contributed by atoms with Gasteiger partial charge in [0.15, 0.2) is 0 Å². The van der Waals surface area contributed by atoms with Crippen molar-refractivity contribution in [1.82, 2.24) is 9.97 Å². The Kier molecular flexibility index (Phi) is 7.89. The Labute approximate surface area is 172 Å². The first-order chi connectivity index (χ1) is 13.4. The Balaban J connectivity index is 2.33. The number of thioether (sulfide) groups is 1. The molecular formula is C18H20ClN3O5S. The van der Waals surface area contributed by atoms with Gasteiger partial charge in [0, 0.05) is 5.25 Å². The summed E-state index contributed by atoms with van der Waals surface area (Å²) in [6.07, 6.45) is 1.94. The average Bonchev–Trinajstić information content (AvgIpc) is 2.70. The van der Waals surface area contributed by atoms with Gasteiger partial charge >= 0.3 is 12.0 Å². The highest BCUT2D eigenvalue weighted by atomic mass is 35.5. The minimum Gasteiger partial charge on any atom is -0.481 e. The molecule has 10 heteroatoms. The maximum Gasteiger partial charge on any atom is 0.371 e. The zero-order chi connectivity index (χ0) is 20.7. The number of aromatic nitrogens is 2. The molecule has 1 aromatic heterocycles. The molecule has 8 nitrogen and oxygen atoms in total. The van der Waals surface area contributed by atoms with Crippen molar-refractivity contribution in [1.29, 1.82) is 0 Å². The van der Waals surface area contributed by atoms with Crippen LogP contribution >= 0.6 is 23.4 Å². The smallest absolute Gasteiger partial charge is 0.371 e. The molecule has 0 amide bonds. The van der Waals surface area contributed by atoms with Crippen molar-refractivity contribution in [3.8, 4) is 23.5 Å². The van der Waals surface area contributed by atoms with Crippen molar-refractivity contribution in [2.45, 2.75) is 19.1 Å². The molecular weight excluding hydrogens is 406 g/mol. The van der Waals surface area contributed by atoms with Gasteiger partial charge < -0.3 is 19.0 Å². The lowest BCUT2D eigenvalue weighted by atomic mass is 10.2. The highest BCUT2D eigenvalue weighted by Crippen LogP contribution is 2.31. The van der Waals surface area contributed by atoms with Gasteiger partial charge in [0.05, 0.1) is 31.0 Å². The maximum absolute atomic E-state index is 12.5. The number of oxime groups is 1. The molecule has 0 aliphatic heterocycles. The fourth-order valence-electron chi connectivity index (χ4n) is 1.93. The summed E-state index contributed by atoms with van der Waals surface area (Å²) in [7, 11) is 2.90. The highest BCUT2D eigenvalue weighted by molar-refractivity contribution is 7.99. The predicted octanol–water partition coefficient (Wildman–Crippen LogP) is 4.22. The lowest BCUT2D eigenvalue weighted by molar-refractivity contribution is 0.0512. The van der Waals surface area contributed by atoms with E-state index in [4.69, 9.17) is 30.6 Å². The zero-order valence-corrected chi connectivity index (χ0v) is 17.6. The molecule has 150 valence electrons. The summed E-state index contributed by atoms with van der Waals surface area (Å²) in [6, 6.07) is 6.11. The molecule has 0 aliphatic rings. The molecule has 0 saturated carbocycles. The Bertz CT molecular complexity index is 856. The summed E-state index contributed by atoms with van der Waals surface area (Å²) in [5.41, 5.74) is 0.666. The lowest BCUT2D eigenvalue weighted by Crippen LogP contribution is -2.12. The molecule has 2 aromatic rings. The van der Waals surface area contributed by atoms with Crippen LogP contribution in [-0.2, 0) is 4.84 Å². The monoisotopic (exact) mass is 425 g/mol. The number of rotatable bonds is 8. The second-order valence-corrected chi connectivity index (χ2v) is 7.03. The number of hydrogen-bond acceptors (Lipinski definition) is 9. The molecule has 1 atom stereocenters. The quantitative estimate of drug-likeness (QED) is 0.352. The van der Waals surface area contributed by atoms with Crippen LogP contribution in [0.15, 0.2) is 29.4 Å². The standard InChI is InChI=1S/C18H20ClN3O5S/c1-10(11(2)28-5)22-27-17(23)16-12(19)7-6-8-13(16)26-18-20-14(24-3)9-15(21-18)25-4/h6-9,11H,1-5H3/b22-10+. The van der Waals surface area contributed by atoms with E-state index in [1.807, 2.05) is 13.2 Å². The van der Waals surface area contributed by atoms with Crippen LogP contribution < -0.4 is 14.2 Å². The van der Waals surface area contributed by atoms with E-state index in [0.29, 0.717) is 5.71 Å². The van der Waals surface area contributed by atoms with E-state index in [-0.39, 0.29) is 39.4 Å². The van der Waals surface area contributed by atoms with E-state index in [2.05, 4.69) is 15.1 Å². The number of carbonyl (C=O) groups excluding carboxylic acids is 1. The van der Waals surface area contributed by atoms with Crippen LogP contribution in [0.3, 0.4) is 0 Å². The maximum atomic E-state index is 12.5. The van der Waals surface area contributed by atoms with Crippen molar-refractivity contribution in [3.63, 3.8) is 0 Å². The van der Waals surface area contributed by atoms with Crippen molar-refractivity contribution < 1.29 is 23.8 Å². The van der Waals surface area contributed by atoms with Crippen LogP contribution in [0.25, 0.3) is 0 Å². The molecule has 1 heterocycles. The molecule has 0 fully saturated rings. The van der Waals surface area contributed by atoms with Gasteiger partial charge in [-0.2, -0.15) is 21.7 Å². The fourth-order valence-corrected chi connectivity index (χ4v) is 2.56. The molecule has 0 bridgehead atoms. The van der Waals surface area contributed by atoms with E-state index in [1.165, 1.54) is 20.3 Å². The molecule has 2 rings (SSSR count).